The van der Waals surface area contributed by atoms with E-state index in [1.165, 1.54) is 45.4 Å². The molecule has 1 heterocycles. The molecule has 3 aliphatic rings. The lowest BCUT2D eigenvalue weighted by molar-refractivity contribution is -0.244. The fourth-order valence-corrected chi connectivity index (χ4v) is 4.13. The van der Waals surface area contributed by atoms with Gasteiger partial charge in [-0.25, -0.2) is 4.79 Å². The molecule has 3 N–H and O–H groups in total. The molecule has 0 aromatic carbocycles. The Morgan fingerprint density at radius 2 is 1.27 bits per heavy atom. The van der Waals surface area contributed by atoms with Crippen LogP contribution in [-0.4, -0.2) is 65.3 Å². The summed E-state index contributed by atoms with van der Waals surface area (Å²) in [5, 5.41) is 2.52. The fraction of sp³-hybridized carbons (Fsp3) is 0.825. The molecule has 2 aliphatic carbocycles. The van der Waals surface area contributed by atoms with Crippen LogP contribution in [0.3, 0.4) is 0 Å². The first-order valence-electron chi connectivity index (χ1n) is 19.3. The van der Waals surface area contributed by atoms with E-state index in [9.17, 15) is 37.1 Å². The molecule has 3 rings (SSSR count). The molecule has 0 radical (unpaired) electrons. The van der Waals surface area contributed by atoms with Gasteiger partial charge in [0.2, 0.25) is 17.8 Å². The number of nitrogens with zero attached hydrogens (tertiary/aromatic N) is 1. The summed E-state index contributed by atoms with van der Waals surface area (Å²) in [5.41, 5.74) is 1.98. The highest BCUT2D eigenvalue weighted by Crippen LogP contribution is 2.33. The maximum absolute atomic E-state index is 12.6. The standard InChI is InChI=1S/C13H22F3NO2.C7H11NO2.C5H10.C4H10.C3H5NO2.3C2H6.C2H2/c1-9(10-7-5-4-6-8-10)17-11(18)19-12(2,3)13(14,15)16;1-6(10)7-3-2-4-8(7)5-9;1-2-5-3-4-5;1-3-4-2;1-2(5)3(4)6;4*1-2/h9-10H,4-8H2,1-3H3,(H,17,18);5,7H,2-4H2,1H3;5H,2-4H2,1H3;3-4H2,1-2H3;1H3,(H2,4,6);3*1-2H3;1-2H. The monoisotopic (exact) mass is 754 g/mol. The number of carbonyl (C=O) groups is 5. The molecule has 0 aromatic heterocycles. The summed E-state index contributed by atoms with van der Waals surface area (Å²) >= 11 is 0. The van der Waals surface area contributed by atoms with Gasteiger partial charge in [-0.3, -0.25) is 19.2 Å². The van der Waals surface area contributed by atoms with Crippen molar-refractivity contribution in [1.82, 2.24) is 10.2 Å². The number of hydrogen-bond donors (Lipinski definition) is 2. The summed E-state index contributed by atoms with van der Waals surface area (Å²) in [6, 6.07) is -0.283. The van der Waals surface area contributed by atoms with Crippen LogP contribution in [0.1, 0.15) is 174 Å². The predicted molar refractivity (Wildman–Crippen MR) is 210 cm³/mol. The lowest BCUT2D eigenvalue weighted by Crippen LogP contribution is -2.48. The third-order valence-electron chi connectivity index (χ3n) is 7.75. The van der Waals surface area contributed by atoms with Gasteiger partial charge in [-0.05, 0) is 65.2 Å². The Bertz CT molecular complexity index is 887. The number of alkyl carbamates (subject to hydrolysis) is 1. The van der Waals surface area contributed by atoms with Gasteiger partial charge in [0.05, 0.1) is 6.04 Å². The first-order chi connectivity index (χ1) is 24.4. The molecule has 0 spiro atoms. The molecule has 3 amide bonds. The second-order valence-corrected chi connectivity index (χ2v) is 12.1. The van der Waals surface area contributed by atoms with Crippen molar-refractivity contribution in [2.24, 2.45) is 17.6 Å². The summed E-state index contributed by atoms with van der Waals surface area (Å²) in [7, 11) is 0. The average molecular weight is 754 g/mol. The first kappa shape index (κ1) is 61.0. The third kappa shape index (κ3) is 35.3. The second kappa shape index (κ2) is 39.1. The molecule has 1 saturated heterocycles. The number of rotatable bonds is 8. The molecule has 0 bridgehead atoms. The number of Topliss-reactive ketones (excluding diaryl/α,β-unsaturated/α-hetero) is 2. The van der Waals surface area contributed by atoms with Crippen molar-refractivity contribution >= 4 is 30.0 Å². The number of nitrogens with one attached hydrogen (secondary N) is 1. The van der Waals surface area contributed by atoms with E-state index < -0.39 is 29.6 Å². The minimum Gasteiger partial charge on any atom is -0.434 e. The molecule has 3 fully saturated rings. The highest BCUT2D eigenvalue weighted by Gasteiger charge is 2.51. The number of nitrogens with two attached hydrogens (primary N) is 1. The van der Waals surface area contributed by atoms with Crippen LogP contribution in [0.4, 0.5) is 18.0 Å². The summed E-state index contributed by atoms with van der Waals surface area (Å²) < 4.78 is 42.2. The van der Waals surface area contributed by atoms with Crippen molar-refractivity contribution in [1.29, 1.82) is 0 Å². The van der Waals surface area contributed by atoms with E-state index >= 15 is 0 Å². The summed E-state index contributed by atoms with van der Waals surface area (Å²) in [5.74, 6) is 0.0832. The van der Waals surface area contributed by atoms with Gasteiger partial charge in [-0.1, -0.05) is 114 Å². The molecule has 1 aliphatic heterocycles. The predicted octanol–water partition coefficient (Wildman–Crippen LogP) is 10.2. The molecule has 52 heavy (non-hydrogen) atoms. The second-order valence-electron chi connectivity index (χ2n) is 12.1. The van der Waals surface area contributed by atoms with E-state index in [0.717, 1.165) is 78.2 Å². The highest BCUT2D eigenvalue weighted by molar-refractivity contribution is 6.34. The molecule has 9 nitrogen and oxygen atoms in total. The smallest absolute Gasteiger partial charge is 0.427 e. The zero-order valence-corrected chi connectivity index (χ0v) is 35.3. The van der Waals surface area contributed by atoms with E-state index in [1.54, 1.807) is 4.90 Å². The van der Waals surface area contributed by atoms with Crippen LogP contribution >= 0.6 is 0 Å². The van der Waals surface area contributed by atoms with Crippen molar-refractivity contribution in [3.8, 4) is 12.8 Å². The molecule has 310 valence electrons. The van der Waals surface area contributed by atoms with Gasteiger partial charge in [0.1, 0.15) is 0 Å². The maximum atomic E-state index is 12.6. The Morgan fingerprint density at radius 3 is 1.52 bits per heavy atom. The molecule has 2 saturated carbocycles. The van der Waals surface area contributed by atoms with Crippen molar-refractivity contribution in [2.75, 3.05) is 6.54 Å². The number of terminal acetylenes is 1. The fourth-order valence-electron chi connectivity index (χ4n) is 4.13. The van der Waals surface area contributed by atoms with E-state index in [2.05, 4.69) is 49.4 Å². The van der Waals surface area contributed by atoms with Gasteiger partial charge in [0.25, 0.3) is 5.91 Å². The normalized spacial score (nSPS) is 16.1. The highest BCUT2D eigenvalue weighted by atomic mass is 19.4. The molecule has 12 heteroatoms. The van der Waals surface area contributed by atoms with Crippen molar-refractivity contribution < 1.29 is 41.9 Å². The molecular formula is C40H78F3N3O6. The van der Waals surface area contributed by atoms with E-state index in [4.69, 9.17) is 0 Å². The van der Waals surface area contributed by atoms with Gasteiger partial charge in [0, 0.05) is 19.5 Å². The number of alkyl halides is 3. The number of unbranched alkanes of at least 4 members (excludes halogenated alkanes) is 1. The Labute approximate surface area is 316 Å². The molecule has 2 unspecified atom stereocenters. The zero-order valence-electron chi connectivity index (χ0n) is 35.3. The van der Waals surface area contributed by atoms with Gasteiger partial charge in [-0.15, -0.1) is 12.8 Å². The minimum absolute atomic E-state index is 0.101. The van der Waals surface area contributed by atoms with Crippen LogP contribution in [0.2, 0.25) is 0 Å². The van der Waals surface area contributed by atoms with Gasteiger partial charge in [0.15, 0.2) is 5.78 Å². The van der Waals surface area contributed by atoms with Crippen LogP contribution in [0.25, 0.3) is 0 Å². The van der Waals surface area contributed by atoms with Crippen LogP contribution in [0, 0.1) is 24.7 Å². The SMILES string of the molecule is C#C.CC.CC.CC.CC(=O)C(N)=O.CC(=O)C1CCCN1C=O.CC(NC(=O)OC(C)(C)C(F)(F)F)C1CCCCC1.CCC1CC1.CCCC. The maximum Gasteiger partial charge on any atom is 0.427 e. The number of halogens is 3. The Kier molecular flexibility index (Phi) is 45.9. The van der Waals surface area contributed by atoms with E-state index in [0.29, 0.717) is 5.92 Å². The van der Waals surface area contributed by atoms with Gasteiger partial charge >= 0.3 is 12.3 Å². The number of likely N-dealkylation sites (tertiary alicyclic amines) is 1. The topological polar surface area (TPSA) is 136 Å². The number of ether oxygens (including phenoxy) is 1. The van der Waals surface area contributed by atoms with Gasteiger partial charge < -0.3 is 20.7 Å². The number of primary amides is 1. The van der Waals surface area contributed by atoms with Crippen LogP contribution < -0.4 is 11.1 Å². The number of ketones is 2. The summed E-state index contributed by atoms with van der Waals surface area (Å²) in [6.45, 7) is 25.5. The van der Waals surface area contributed by atoms with Crippen LogP contribution in [-0.2, 0) is 23.9 Å². The molecule has 2 atom stereocenters. The zero-order chi connectivity index (χ0) is 42.5. The average Bonchev–Trinajstić information content (AvgIpc) is 3.86. The Morgan fingerprint density at radius 1 is 0.846 bits per heavy atom. The summed E-state index contributed by atoms with van der Waals surface area (Å²) in [4.78, 5) is 53.4. The number of amides is 3. The molecular weight excluding hydrogens is 675 g/mol. The Hall–Kier alpha value is -3.10. The first-order valence-corrected chi connectivity index (χ1v) is 19.3. The minimum atomic E-state index is -4.57. The van der Waals surface area contributed by atoms with Crippen molar-refractivity contribution in [3.63, 3.8) is 0 Å². The van der Waals surface area contributed by atoms with E-state index in [1.807, 2.05) is 48.5 Å². The van der Waals surface area contributed by atoms with E-state index in [-0.39, 0.29) is 17.9 Å². The lowest BCUT2D eigenvalue weighted by Gasteiger charge is -2.31. The largest absolute Gasteiger partial charge is 0.434 e. The lowest BCUT2D eigenvalue weighted by atomic mass is 9.85. The molecule has 0 aromatic rings. The van der Waals surface area contributed by atoms with Gasteiger partial charge in [-0.2, -0.15) is 13.2 Å². The third-order valence-corrected chi connectivity index (χ3v) is 7.75. The number of carbonyl (C=O) groups excluding carboxylic acids is 5. The number of hydrogen-bond acceptors (Lipinski definition) is 6. The van der Waals surface area contributed by atoms with Crippen molar-refractivity contribution in [3.05, 3.63) is 0 Å². The Balaban J connectivity index is -0.000000135. The van der Waals surface area contributed by atoms with Crippen LogP contribution in [0.5, 0.6) is 0 Å². The van der Waals surface area contributed by atoms with Crippen molar-refractivity contribution in [2.45, 2.75) is 198 Å². The van der Waals surface area contributed by atoms with Crippen LogP contribution in [0.15, 0.2) is 0 Å². The summed E-state index contributed by atoms with van der Waals surface area (Å²) in [6.07, 6.45) is 17.5. The quantitative estimate of drug-likeness (QED) is 0.144.